The molecule has 4 rings (SSSR count). The van der Waals surface area contributed by atoms with E-state index >= 15 is 0 Å². The molecule has 1 heterocycles. The van der Waals surface area contributed by atoms with Gasteiger partial charge in [-0.15, -0.1) is 0 Å². The average molecular weight is 348 g/mol. The minimum Gasteiger partial charge on any atom is -0.472 e. The summed E-state index contributed by atoms with van der Waals surface area (Å²) in [5.41, 5.74) is 0.714. The van der Waals surface area contributed by atoms with Gasteiger partial charge in [0, 0.05) is 22.8 Å². The molecule has 138 valence electrons. The first kappa shape index (κ1) is 17.3. The van der Waals surface area contributed by atoms with Crippen molar-refractivity contribution in [2.75, 3.05) is 13.2 Å². The van der Waals surface area contributed by atoms with Gasteiger partial charge in [0.1, 0.15) is 6.10 Å². The normalized spacial score (nSPS) is 46.3. The number of hydrogen-bond donors (Lipinski definition) is 3. The highest BCUT2D eigenvalue weighted by Gasteiger charge is 2.65. The van der Waals surface area contributed by atoms with E-state index in [-0.39, 0.29) is 41.7 Å². The zero-order valence-corrected chi connectivity index (χ0v) is 15.0. The number of aryl methyl sites for hydroxylation is 1. The van der Waals surface area contributed by atoms with Gasteiger partial charge >= 0.3 is 0 Å². The fraction of sp³-hybridized carbons (Fsp3) is 0.750. The van der Waals surface area contributed by atoms with Crippen LogP contribution in [-0.2, 0) is 16.6 Å². The molecular weight excluding hydrogens is 320 g/mol. The highest BCUT2D eigenvalue weighted by atomic mass is 16.3. The van der Waals surface area contributed by atoms with Crippen LogP contribution in [0.1, 0.15) is 50.7 Å². The van der Waals surface area contributed by atoms with Crippen LogP contribution in [0.4, 0.5) is 0 Å². The largest absolute Gasteiger partial charge is 0.472 e. The second kappa shape index (κ2) is 5.41. The molecule has 5 nitrogen and oxygen atoms in total. The molecule has 0 aliphatic heterocycles. The van der Waals surface area contributed by atoms with Crippen LogP contribution in [0.3, 0.4) is 0 Å². The minimum absolute atomic E-state index is 0.0408. The molecule has 6 atom stereocenters. The summed E-state index contributed by atoms with van der Waals surface area (Å²) in [6.45, 7) is 3.82. The van der Waals surface area contributed by atoms with Crippen LogP contribution in [0, 0.1) is 22.7 Å². The van der Waals surface area contributed by atoms with Crippen molar-refractivity contribution in [2.24, 2.45) is 22.7 Å². The second-order valence-electron chi connectivity index (χ2n) is 9.02. The van der Waals surface area contributed by atoms with E-state index in [9.17, 15) is 20.1 Å². The Morgan fingerprint density at radius 1 is 1.16 bits per heavy atom. The number of aliphatic hydroxyl groups is 3. The molecule has 5 heteroatoms. The van der Waals surface area contributed by atoms with Crippen LogP contribution < -0.4 is 0 Å². The van der Waals surface area contributed by atoms with Crippen LogP contribution in [-0.4, -0.2) is 40.4 Å². The predicted molar refractivity (Wildman–Crippen MR) is 90.9 cm³/mol. The van der Waals surface area contributed by atoms with Gasteiger partial charge in [0.25, 0.3) is 0 Å². The molecule has 0 radical (unpaired) electrons. The van der Waals surface area contributed by atoms with Crippen molar-refractivity contribution in [3.63, 3.8) is 0 Å². The lowest BCUT2D eigenvalue weighted by Gasteiger charge is -2.64. The van der Waals surface area contributed by atoms with Gasteiger partial charge in [-0.25, -0.2) is 0 Å². The zero-order chi connectivity index (χ0) is 18.0. The molecule has 0 saturated heterocycles. The van der Waals surface area contributed by atoms with Crippen LogP contribution in [0.25, 0.3) is 0 Å². The number of rotatable bonds is 2. The fourth-order valence-corrected chi connectivity index (χ4v) is 6.79. The highest BCUT2D eigenvalue weighted by molar-refractivity contribution is 5.85. The number of fused-ring (bicyclic) bond motifs is 5. The zero-order valence-electron chi connectivity index (χ0n) is 15.0. The molecule has 3 aliphatic rings. The lowest BCUT2D eigenvalue weighted by Crippen LogP contribution is -2.65. The molecule has 0 aromatic carbocycles. The van der Waals surface area contributed by atoms with Gasteiger partial charge in [-0.1, -0.05) is 13.8 Å². The minimum atomic E-state index is -1.11. The molecule has 2 fully saturated rings. The molecule has 3 N–H and O–H groups in total. The first-order valence-electron chi connectivity index (χ1n) is 9.31. The summed E-state index contributed by atoms with van der Waals surface area (Å²) in [5.74, 6) is 0.00836. The maximum Gasteiger partial charge on any atom is 0.162 e. The number of ketones is 1. The van der Waals surface area contributed by atoms with E-state index < -0.39 is 11.5 Å². The number of furan rings is 1. The molecule has 2 unspecified atom stereocenters. The van der Waals surface area contributed by atoms with Crippen molar-refractivity contribution in [1.29, 1.82) is 0 Å². The predicted octanol–water partition coefficient (Wildman–Crippen LogP) is 1.82. The number of carbonyl (C=O) groups is 1. The maximum atomic E-state index is 12.6. The SMILES string of the molecule is C[C@]12CC(=O)[C@H](O)[C@](C)(CO)C1CC[C@@]1(CO)c3cocc3CCC12. The molecule has 2 saturated carbocycles. The second-order valence-corrected chi connectivity index (χ2v) is 9.02. The Hall–Kier alpha value is -1.17. The standard InChI is InChI=1S/C20H28O5/c1-18-7-14(23)17(24)19(2,10-21)15(18)5-6-20(11-22)13-9-25-8-12(13)3-4-16(18)20/h8-9,15-17,21-22,24H,3-7,10-11H2,1-2H3/t15?,16?,17-,18-,19+,20+/m0/s1. The van der Waals surface area contributed by atoms with Crippen molar-refractivity contribution < 1.29 is 24.5 Å². The summed E-state index contributed by atoms with van der Waals surface area (Å²) in [6.07, 6.45) is 6.10. The van der Waals surface area contributed by atoms with Crippen LogP contribution in [0.2, 0.25) is 0 Å². The molecule has 1 aromatic heterocycles. The molecule has 0 bridgehead atoms. The third-order valence-corrected chi connectivity index (χ3v) is 8.02. The van der Waals surface area contributed by atoms with Crippen LogP contribution in [0.5, 0.6) is 0 Å². The molecule has 1 aromatic rings. The summed E-state index contributed by atoms with van der Waals surface area (Å²) >= 11 is 0. The Morgan fingerprint density at radius 3 is 2.60 bits per heavy atom. The first-order valence-corrected chi connectivity index (χ1v) is 9.31. The molecule has 0 amide bonds. The first-order chi connectivity index (χ1) is 11.8. The van der Waals surface area contributed by atoms with E-state index in [1.54, 1.807) is 12.5 Å². The smallest absolute Gasteiger partial charge is 0.162 e. The topological polar surface area (TPSA) is 90.9 Å². The number of aliphatic hydroxyl groups excluding tert-OH is 3. The number of carbonyl (C=O) groups excluding carboxylic acids is 1. The van der Waals surface area contributed by atoms with E-state index in [1.807, 2.05) is 6.92 Å². The van der Waals surface area contributed by atoms with Crippen molar-refractivity contribution >= 4 is 5.78 Å². The van der Waals surface area contributed by atoms with Crippen molar-refractivity contribution in [2.45, 2.75) is 57.5 Å². The lowest BCUT2D eigenvalue weighted by molar-refractivity contribution is -0.190. The quantitative estimate of drug-likeness (QED) is 0.758. The van der Waals surface area contributed by atoms with Crippen molar-refractivity contribution in [3.8, 4) is 0 Å². The van der Waals surface area contributed by atoms with E-state index in [0.717, 1.165) is 31.2 Å². The lowest BCUT2D eigenvalue weighted by atomic mass is 9.40. The molecule has 0 spiro atoms. The Balaban J connectivity index is 1.85. The summed E-state index contributed by atoms with van der Waals surface area (Å²) < 4.78 is 5.45. The Kier molecular flexibility index (Phi) is 3.74. The van der Waals surface area contributed by atoms with Crippen LogP contribution in [0.15, 0.2) is 16.9 Å². The third-order valence-electron chi connectivity index (χ3n) is 8.02. The highest BCUT2D eigenvalue weighted by Crippen LogP contribution is 2.66. The fourth-order valence-electron chi connectivity index (χ4n) is 6.79. The van der Waals surface area contributed by atoms with Gasteiger partial charge in [-0.05, 0) is 48.5 Å². The van der Waals surface area contributed by atoms with Crippen molar-refractivity contribution in [3.05, 3.63) is 23.7 Å². The Bertz CT molecular complexity index is 696. The summed E-state index contributed by atoms with van der Waals surface area (Å²) in [6, 6.07) is 0. The summed E-state index contributed by atoms with van der Waals surface area (Å²) in [4.78, 5) is 12.6. The van der Waals surface area contributed by atoms with E-state index in [0.29, 0.717) is 6.42 Å². The Morgan fingerprint density at radius 2 is 1.92 bits per heavy atom. The van der Waals surface area contributed by atoms with Gasteiger partial charge in [-0.3, -0.25) is 4.79 Å². The summed E-state index contributed by atoms with van der Waals surface area (Å²) in [5, 5.41) is 31.0. The molecule has 3 aliphatic carbocycles. The van der Waals surface area contributed by atoms with Gasteiger partial charge in [0.15, 0.2) is 5.78 Å². The third kappa shape index (κ3) is 1.97. The Labute approximate surface area is 148 Å². The van der Waals surface area contributed by atoms with Gasteiger partial charge in [0.2, 0.25) is 0 Å². The van der Waals surface area contributed by atoms with Crippen LogP contribution >= 0.6 is 0 Å². The van der Waals surface area contributed by atoms with Gasteiger partial charge < -0.3 is 19.7 Å². The average Bonchev–Trinajstić information content (AvgIpc) is 3.09. The van der Waals surface area contributed by atoms with E-state index in [1.165, 1.54) is 5.56 Å². The van der Waals surface area contributed by atoms with E-state index in [4.69, 9.17) is 4.42 Å². The van der Waals surface area contributed by atoms with Gasteiger partial charge in [-0.2, -0.15) is 0 Å². The molecular formula is C20H28O5. The number of hydrogen-bond acceptors (Lipinski definition) is 5. The van der Waals surface area contributed by atoms with Gasteiger partial charge in [0.05, 0.1) is 25.7 Å². The number of Topliss-reactive ketones (excluding diaryl/α,β-unsaturated/α-hetero) is 1. The van der Waals surface area contributed by atoms with Crippen molar-refractivity contribution in [1.82, 2.24) is 0 Å². The maximum absolute atomic E-state index is 12.6. The monoisotopic (exact) mass is 348 g/mol. The summed E-state index contributed by atoms with van der Waals surface area (Å²) in [7, 11) is 0. The molecule has 25 heavy (non-hydrogen) atoms. The van der Waals surface area contributed by atoms with E-state index in [2.05, 4.69) is 6.92 Å².